The number of nitro groups is 1. The van der Waals surface area contributed by atoms with Crippen molar-refractivity contribution in [2.45, 2.75) is 6.92 Å². The second-order valence-electron chi connectivity index (χ2n) is 7.23. The van der Waals surface area contributed by atoms with Crippen LogP contribution in [0.4, 0.5) is 10.8 Å². The van der Waals surface area contributed by atoms with Crippen LogP contribution in [0.1, 0.15) is 16.1 Å². The first-order chi connectivity index (χ1) is 16.9. The molecule has 0 radical (unpaired) electrons. The van der Waals surface area contributed by atoms with Crippen LogP contribution in [0.2, 0.25) is 0 Å². The van der Waals surface area contributed by atoms with Crippen LogP contribution < -0.4 is 10.1 Å². The normalized spacial score (nSPS) is 11.0. The molecule has 0 aliphatic heterocycles. The summed E-state index contributed by atoms with van der Waals surface area (Å²) < 4.78 is 5.62. The standard InChI is InChI=1S/C24H17N5O4S2/c1-15-2-4-16(5-3-15)20-14-35-23(27-20)18(12-25)10-17-11-19(29(31)32)6-7-21(17)33-13-22(30)28-24-26-8-9-34-24/h2-11,14H,13H2,1H3,(H,26,28,30). The lowest BCUT2D eigenvalue weighted by atomic mass is 10.1. The predicted molar refractivity (Wildman–Crippen MR) is 135 cm³/mol. The minimum absolute atomic E-state index is 0.174. The molecule has 0 aliphatic rings. The SMILES string of the molecule is Cc1ccc(-c2csc(C(C#N)=Cc3cc([N+](=O)[O-])ccc3OCC(=O)Nc3nccs3)n2)cc1. The fraction of sp³-hybridized carbons (Fsp3) is 0.0833. The van der Waals surface area contributed by atoms with Crippen LogP contribution in [0.15, 0.2) is 59.4 Å². The van der Waals surface area contributed by atoms with Gasteiger partial charge in [0, 0.05) is 40.2 Å². The second-order valence-corrected chi connectivity index (χ2v) is 8.98. The van der Waals surface area contributed by atoms with E-state index < -0.39 is 10.8 Å². The van der Waals surface area contributed by atoms with Crippen molar-refractivity contribution < 1.29 is 14.5 Å². The van der Waals surface area contributed by atoms with Crippen molar-refractivity contribution in [3.05, 3.63) is 85.7 Å². The highest BCUT2D eigenvalue weighted by Gasteiger charge is 2.15. The van der Waals surface area contributed by atoms with Crippen LogP contribution in [0.25, 0.3) is 22.9 Å². The third-order valence-electron chi connectivity index (χ3n) is 4.74. The zero-order valence-electron chi connectivity index (χ0n) is 18.3. The molecule has 4 rings (SSSR count). The lowest BCUT2D eigenvalue weighted by molar-refractivity contribution is -0.384. The van der Waals surface area contributed by atoms with Crippen LogP contribution in [0.5, 0.6) is 5.75 Å². The summed E-state index contributed by atoms with van der Waals surface area (Å²) in [4.78, 5) is 31.5. The molecule has 1 N–H and O–H groups in total. The van der Waals surface area contributed by atoms with Gasteiger partial charge in [0.25, 0.3) is 11.6 Å². The van der Waals surface area contributed by atoms with E-state index in [0.29, 0.717) is 10.1 Å². The Hall–Kier alpha value is -4.40. The Bertz CT molecular complexity index is 1440. The molecular weight excluding hydrogens is 486 g/mol. The Labute approximate surface area is 208 Å². The Balaban J connectivity index is 1.61. The molecule has 0 saturated carbocycles. The van der Waals surface area contributed by atoms with Gasteiger partial charge in [-0.1, -0.05) is 29.8 Å². The fourth-order valence-electron chi connectivity index (χ4n) is 3.03. The van der Waals surface area contributed by atoms with Crippen molar-refractivity contribution in [1.29, 1.82) is 5.26 Å². The fourth-order valence-corrected chi connectivity index (χ4v) is 4.37. The summed E-state index contributed by atoms with van der Waals surface area (Å²) in [5, 5.41) is 28.2. The number of carbonyl (C=O) groups excluding carboxylic acids is 1. The largest absolute Gasteiger partial charge is 0.483 e. The third-order valence-corrected chi connectivity index (χ3v) is 6.31. The molecule has 0 bridgehead atoms. The molecule has 1 amide bonds. The maximum Gasteiger partial charge on any atom is 0.270 e. The molecule has 11 heteroatoms. The average Bonchev–Trinajstić information content (AvgIpc) is 3.54. The van der Waals surface area contributed by atoms with Gasteiger partial charge in [-0.05, 0) is 19.1 Å². The predicted octanol–water partition coefficient (Wildman–Crippen LogP) is 5.56. The Morgan fingerprint density at radius 2 is 2.06 bits per heavy atom. The average molecular weight is 504 g/mol. The number of thiazole rings is 2. The van der Waals surface area contributed by atoms with Gasteiger partial charge >= 0.3 is 0 Å². The lowest BCUT2D eigenvalue weighted by Crippen LogP contribution is -2.20. The number of carbonyl (C=O) groups is 1. The second kappa shape index (κ2) is 10.7. The zero-order valence-corrected chi connectivity index (χ0v) is 19.9. The number of hydrogen-bond donors (Lipinski definition) is 1. The molecule has 35 heavy (non-hydrogen) atoms. The summed E-state index contributed by atoms with van der Waals surface area (Å²) in [6.45, 7) is 1.66. The van der Waals surface area contributed by atoms with Gasteiger partial charge in [0.1, 0.15) is 16.8 Å². The van der Waals surface area contributed by atoms with E-state index in [1.807, 2.05) is 36.6 Å². The molecule has 4 aromatic rings. The molecule has 0 unspecified atom stereocenters. The first-order valence-electron chi connectivity index (χ1n) is 10.2. The Morgan fingerprint density at radius 1 is 1.26 bits per heavy atom. The van der Waals surface area contributed by atoms with E-state index >= 15 is 0 Å². The molecule has 0 spiro atoms. The van der Waals surface area contributed by atoms with E-state index in [1.165, 1.54) is 46.9 Å². The van der Waals surface area contributed by atoms with Crippen LogP contribution in [-0.4, -0.2) is 27.4 Å². The van der Waals surface area contributed by atoms with Crippen molar-refractivity contribution in [3.8, 4) is 23.1 Å². The number of ether oxygens (including phenoxy) is 1. The molecule has 0 fully saturated rings. The van der Waals surface area contributed by atoms with E-state index in [4.69, 9.17) is 4.74 Å². The van der Waals surface area contributed by atoms with Gasteiger partial charge in [-0.2, -0.15) is 5.26 Å². The highest BCUT2D eigenvalue weighted by Crippen LogP contribution is 2.31. The van der Waals surface area contributed by atoms with Crippen molar-refractivity contribution >= 4 is 51.0 Å². The number of nitrogens with zero attached hydrogens (tertiary/aromatic N) is 4. The molecule has 2 heterocycles. The minimum atomic E-state index is -0.540. The highest BCUT2D eigenvalue weighted by molar-refractivity contribution is 7.13. The Morgan fingerprint density at radius 3 is 2.74 bits per heavy atom. The zero-order chi connectivity index (χ0) is 24.8. The van der Waals surface area contributed by atoms with Crippen LogP contribution in [0.3, 0.4) is 0 Å². The van der Waals surface area contributed by atoms with Crippen LogP contribution >= 0.6 is 22.7 Å². The first kappa shape index (κ1) is 23.7. The van der Waals surface area contributed by atoms with Gasteiger partial charge in [-0.15, -0.1) is 22.7 Å². The molecule has 174 valence electrons. The molecular formula is C24H17N5O4S2. The van der Waals surface area contributed by atoms with Crippen molar-refractivity contribution in [2.75, 3.05) is 11.9 Å². The smallest absolute Gasteiger partial charge is 0.270 e. The number of nitro benzene ring substituents is 1. The monoisotopic (exact) mass is 503 g/mol. The number of anilines is 1. The van der Waals surface area contributed by atoms with Crippen molar-refractivity contribution in [2.24, 2.45) is 0 Å². The number of hydrogen-bond acceptors (Lipinski definition) is 9. The Kier molecular flexibility index (Phi) is 7.25. The summed E-state index contributed by atoms with van der Waals surface area (Å²) in [6, 6.07) is 13.9. The number of aromatic nitrogens is 2. The number of nitrogens with one attached hydrogen (secondary N) is 1. The topological polar surface area (TPSA) is 131 Å². The maximum absolute atomic E-state index is 12.2. The van der Waals surface area contributed by atoms with Gasteiger partial charge in [0.05, 0.1) is 16.2 Å². The van der Waals surface area contributed by atoms with Gasteiger partial charge in [0.15, 0.2) is 11.7 Å². The van der Waals surface area contributed by atoms with E-state index in [-0.39, 0.29) is 29.2 Å². The quantitative estimate of drug-likeness (QED) is 0.189. The van der Waals surface area contributed by atoms with E-state index in [9.17, 15) is 20.2 Å². The first-order valence-corrected chi connectivity index (χ1v) is 11.9. The summed E-state index contributed by atoms with van der Waals surface area (Å²) in [5.41, 5.74) is 3.09. The van der Waals surface area contributed by atoms with Crippen LogP contribution in [0, 0.1) is 28.4 Å². The molecule has 0 saturated heterocycles. The van der Waals surface area contributed by atoms with Gasteiger partial charge in [0.2, 0.25) is 0 Å². The molecule has 9 nitrogen and oxygen atoms in total. The van der Waals surface area contributed by atoms with E-state index in [2.05, 4.69) is 21.4 Å². The summed E-state index contributed by atoms with van der Waals surface area (Å²) in [7, 11) is 0. The summed E-state index contributed by atoms with van der Waals surface area (Å²) in [5.74, 6) is -0.218. The minimum Gasteiger partial charge on any atom is -0.483 e. The summed E-state index contributed by atoms with van der Waals surface area (Å²) in [6.07, 6.45) is 3.03. The third kappa shape index (κ3) is 5.94. The molecule has 2 aromatic carbocycles. The van der Waals surface area contributed by atoms with Crippen LogP contribution in [-0.2, 0) is 4.79 Å². The van der Waals surface area contributed by atoms with Gasteiger partial charge in [-0.3, -0.25) is 20.2 Å². The van der Waals surface area contributed by atoms with E-state index in [1.54, 1.807) is 11.6 Å². The molecule has 0 atom stereocenters. The number of rotatable bonds is 8. The van der Waals surface area contributed by atoms with Crippen molar-refractivity contribution in [1.82, 2.24) is 9.97 Å². The van der Waals surface area contributed by atoms with Crippen molar-refractivity contribution in [3.63, 3.8) is 0 Å². The number of amides is 1. The lowest BCUT2D eigenvalue weighted by Gasteiger charge is -2.09. The number of allylic oxidation sites excluding steroid dienone is 1. The molecule has 2 aromatic heterocycles. The number of aryl methyl sites for hydroxylation is 1. The maximum atomic E-state index is 12.2. The van der Waals surface area contributed by atoms with Gasteiger partial charge in [-0.25, -0.2) is 9.97 Å². The van der Waals surface area contributed by atoms with Gasteiger partial charge < -0.3 is 4.74 Å². The highest BCUT2D eigenvalue weighted by atomic mass is 32.1. The van der Waals surface area contributed by atoms with E-state index in [0.717, 1.165) is 16.8 Å². The number of nitriles is 1. The number of benzene rings is 2. The molecule has 0 aliphatic carbocycles. The number of non-ortho nitro benzene ring substituents is 1. The summed E-state index contributed by atoms with van der Waals surface area (Å²) >= 11 is 2.56.